The second-order valence-electron chi connectivity index (χ2n) is 14.4. The number of fused-ring (bicyclic) bond motifs is 18. The fourth-order valence-corrected chi connectivity index (χ4v) is 11.8. The molecule has 0 unspecified atom stereocenters. The van der Waals surface area contributed by atoms with Crippen molar-refractivity contribution in [2.45, 2.75) is 0 Å². The Labute approximate surface area is 322 Å². The Kier molecular flexibility index (Phi) is 5.93. The molecular weight excluding hydrogens is 707 g/mol. The Morgan fingerprint density at radius 3 is 1.91 bits per heavy atom. The highest BCUT2D eigenvalue weighted by atomic mass is 32.1. The zero-order valence-electron chi connectivity index (χ0n) is 29.2. The SMILES string of the molecule is c1ccc2c(c1)ccc1nc(-c3cccc4c3sc3ccccc34)c(-n3c4ccccc4c4c5ccccc5c5c6ccc7ccccc7c6sc5c43)nc12. The normalized spacial score (nSPS) is 12.4. The molecule has 0 bridgehead atoms. The summed E-state index contributed by atoms with van der Waals surface area (Å²) in [6, 6.07) is 59.5. The van der Waals surface area contributed by atoms with Crippen LogP contribution in [0, 0.1) is 0 Å². The van der Waals surface area contributed by atoms with Gasteiger partial charge in [-0.3, -0.25) is 4.57 Å². The van der Waals surface area contributed by atoms with E-state index >= 15 is 0 Å². The number of benzene rings is 9. The molecule has 0 saturated carbocycles. The summed E-state index contributed by atoms with van der Waals surface area (Å²) in [5, 5.41) is 14.9. The third kappa shape index (κ3) is 3.98. The number of hydrogen-bond donors (Lipinski definition) is 0. The van der Waals surface area contributed by atoms with Crippen molar-refractivity contribution in [1.29, 1.82) is 0 Å². The Morgan fingerprint density at radius 1 is 0.400 bits per heavy atom. The third-order valence-corrected chi connectivity index (χ3v) is 14.0. The molecule has 4 heterocycles. The van der Waals surface area contributed by atoms with Crippen molar-refractivity contribution in [3.05, 3.63) is 164 Å². The highest BCUT2D eigenvalue weighted by Gasteiger charge is 2.26. The second kappa shape index (κ2) is 11.0. The summed E-state index contributed by atoms with van der Waals surface area (Å²) in [6.45, 7) is 0. The van der Waals surface area contributed by atoms with Gasteiger partial charge in [-0.05, 0) is 45.1 Å². The minimum Gasteiger partial charge on any atom is -0.290 e. The molecule has 13 aromatic rings. The van der Waals surface area contributed by atoms with Crippen molar-refractivity contribution < 1.29 is 0 Å². The number of rotatable bonds is 2. The molecule has 13 rings (SSSR count). The first-order valence-electron chi connectivity index (χ1n) is 18.6. The number of hydrogen-bond acceptors (Lipinski definition) is 4. The number of aromatic nitrogens is 3. The van der Waals surface area contributed by atoms with Gasteiger partial charge in [0.05, 0.1) is 26.8 Å². The molecule has 0 aliphatic carbocycles. The second-order valence-corrected chi connectivity index (χ2v) is 16.5. The van der Waals surface area contributed by atoms with Gasteiger partial charge in [-0.1, -0.05) is 146 Å². The van der Waals surface area contributed by atoms with Gasteiger partial charge in [0.1, 0.15) is 5.69 Å². The molecule has 0 aliphatic rings. The van der Waals surface area contributed by atoms with E-state index in [0.717, 1.165) is 44.4 Å². The van der Waals surface area contributed by atoms with E-state index in [1.165, 1.54) is 78.2 Å². The van der Waals surface area contributed by atoms with Crippen LogP contribution in [0.1, 0.15) is 0 Å². The summed E-state index contributed by atoms with van der Waals surface area (Å²) in [7, 11) is 0. The van der Waals surface area contributed by atoms with Crippen LogP contribution in [0.2, 0.25) is 0 Å². The maximum atomic E-state index is 5.78. The number of thiophene rings is 2. The van der Waals surface area contributed by atoms with Gasteiger partial charge < -0.3 is 0 Å². The highest BCUT2D eigenvalue weighted by Crippen LogP contribution is 2.50. The average molecular weight is 734 g/mol. The van der Waals surface area contributed by atoms with Gasteiger partial charge in [0.2, 0.25) is 0 Å². The molecule has 9 aromatic carbocycles. The minimum atomic E-state index is 0.846. The van der Waals surface area contributed by atoms with Crippen molar-refractivity contribution in [2.75, 3.05) is 0 Å². The first-order valence-corrected chi connectivity index (χ1v) is 20.2. The predicted molar refractivity (Wildman–Crippen MR) is 238 cm³/mol. The van der Waals surface area contributed by atoms with E-state index < -0.39 is 0 Å². The fourth-order valence-electron chi connectivity index (χ4n) is 9.18. The van der Waals surface area contributed by atoms with E-state index in [9.17, 15) is 0 Å². The van der Waals surface area contributed by atoms with E-state index in [4.69, 9.17) is 9.97 Å². The third-order valence-electron chi connectivity index (χ3n) is 11.5. The smallest absolute Gasteiger partial charge is 0.165 e. The van der Waals surface area contributed by atoms with Gasteiger partial charge in [0, 0.05) is 57.4 Å². The lowest BCUT2D eigenvalue weighted by molar-refractivity contribution is 1.09. The van der Waals surface area contributed by atoms with Crippen LogP contribution in [0.25, 0.3) is 123 Å². The van der Waals surface area contributed by atoms with Crippen molar-refractivity contribution in [3.63, 3.8) is 0 Å². The van der Waals surface area contributed by atoms with Gasteiger partial charge >= 0.3 is 0 Å². The Bertz CT molecular complexity index is 3790. The maximum Gasteiger partial charge on any atom is 0.165 e. The van der Waals surface area contributed by atoms with Crippen LogP contribution in [0.15, 0.2) is 164 Å². The molecule has 0 fully saturated rings. The van der Waals surface area contributed by atoms with Crippen LogP contribution in [-0.4, -0.2) is 14.5 Å². The van der Waals surface area contributed by atoms with Crippen LogP contribution < -0.4 is 0 Å². The summed E-state index contributed by atoms with van der Waals surface area (Å²) >= 11 is 3.74. The molecule has 0 spiro atoms. The lowest BCUT2D eigenvalue weighted by Gasteiger charge is -2.16. The zero-order chi connectivity index (χ0) is 35.8. The molecule has 0 aliphatic heterocycles. The average Bonchev–Trinajstić information content (AvgIpc) is 3.94. The molecule has 3 nitrogen and oxygen atoms in total. The topological polar surface area (TPSA) is 30.7 Å². The number of nitrogens with zero attached hydrogens (tertiary/aromatic N) is 3. The predicted octanol–water partition coefficient (Wildman–Crippen LogP) is 14.6. The summed E-state index contributed by atoms with van der Waals surface area (Å²) < 4.78 is 7.53. The summed E-state index contributed by atoms with van der Waals surface area (Å²) in [5.74, 6) is 0.846. The molecule has 254 valence electrons. The van der Waals surface area contributed by atoms with Crippen LogP contribution >= 0.6 is 22.7 Å². The molecule has 0 radical (unpaired) electrons. The van der Waals surface area contributed by atoms with Crippen LogP contribution in [-0.2, 0) is 0 Å². The molecule has 0 saturated heterocycles. The van der Waals surface area contributed by atoms with Gasteiger partial charge in [0.25, 0.3) is 0 Å². The largest absolute Gasteiger partial charge is 0.290 e. The minimum absolute atomic E-state index is 0.846. The Hall–Kier alpha value is -6.66. The first-order chi connectivity index (χ1) is 27.3. The van der Waals surface area contributed by atoms with Crippen molar-refractivity contribution in [1.82, 2.24) is 14.5 Å². The van der Waals surface area contributed by atoms with E-state index in [2.05, 4.69) is 168 Å². The fraction of sp³-hybridized carbons (Fsp3) is 0. The molecule has 0 atom stereocenters. The Morgan fingerprint density at radius 2 is 1.05 bits per heavy atom. The van der Waals surface area contributed by atoms with E-state index in [0.29, 0.717) is 0 Å². The monoisotopic (exact) mass is 733 g/mol. The Balaban J connectivity index is 1.28. The molecule has 55 heavy (non-hydrogen) atoms. The number of para-hydroxylation sites is 1. The molecule has 0 amide bonds. The summed E-state index contributed by atoms with van der Waals surface area (Å²) in [5.41, 5.74) is 6.08. The lowest BCUT2D eigenvalue weighted by Crippen LogP contribution is -2.04. The summed E-state index contributed by atoms with van der Waals surface area (Å²) in [4.78, 5) is 11.4. The summed E-state index contributed by atoms with van der Waals surface area (Å²) in [6.07, 6.45) is 0. The molecule has 4 aromatic heterocycles. The van der Waals surface area contributed by atoms with E-state index in [-0.39, 0.29) is 0 Å². The molecular formula is C50H27N3S2. The van der Waals surface area contributed by atoms with Crippen LogP contribution in [0.3, 0.4) is 0 Å². The van der Waals surface area contributed by atoms with E-state index in [1.807, 2.05) is 22.7 Å². The van der Waals surface area contributed by atoms with Crippen molar-refractivity contribution in [3.8, 4) is 17.1 Å². The molecule has 5 heteroatoms. The lowest BCUT2D eigenvalue weighted by atomic mass is 9.98. The van der Waals surface area contributed by atoms with Gasteiger partial charge in [-0.15, -0.1) is 22.7 Å². The van der Waals surface area contributed by atoms with Gasteiger partial charge in [-0.2, -0.15) is 0 Å². The highest BCUT2D eigenvalue weighted by molar-refractivity contribution is 7.28. The zero-order valence-corrected chi connectivity index (χ0v) is 30.9. The van der Waals surface area contributed by atoms with Crippen LogP contribution in [0.5, 0.6) is 0 Å². The maximum absolute atomic E-state index is 5.78. The standard InChI is InChI=1S/C50H27N3S2/c1-3-14-30-28(12-1)25-27-39-44(30)52-50(45(51-39)38-21-11-20-35-32-16-8-10-23-41(32)54-48(35)38)53-40-22-9-7-19-36(40)42-33-17-5-6-18-34(33)43-37-26-24-29-13-2-4-15-31(29)47(37)55-49(43)46(42)53/h1-27H. The van der Waals surface area contributed by atoms with Crippen LogP contribution in [0.4, 0.5) is 0 Å². The molecule has 0 N–H and O–H groups in total. The quantitative estimate of drug-likeness (QED) is 0.166. The first kappa shape index (κ1) is 29.8. The van der Waals surface area contributed by atoms with Gasteiger partial charge in [0.15, 0.2) is 5.82 Å². The van der Waals surface area contributed by atoms with Crippen molar-refractivity contribution in [2.24, 2.45) is 0 Å². The van der Waals surface area contributed by atoms with Crippen molar-refractivity contribution >= 4 is 128 Å². The van der Waals surface area contributed by atoms with E-state index in [1.54, 1.807) is 0 Å². The van der Waals surface area contributed by atoms with Gasteiger partial charge in [-0.25, -0.2) is 9.97 Å².